The third-order valence-corrected chi connectivity index (χ3v) is 4.65. The van der Waals surface area contributed by atoms with E-state index in [-0.39, 0.29) is 23.4 Å². The minimum atomic E-state index is -4.78. The fourth-order valence-electron chi connectivity index (χ4n) is 3.03. The molecule has 1 aromatic heterocycles. The largest absolute Gasteiger partial charge is 0.416 e. The smallest absolute Gasteiger partial charge is 0.391 e. The van der Waals surface area contributed by atoms with E-state index >= 15 is 0 Å². The maximum atomic E-state index is 13.6. The molecule has 1 heterocycles. The van der Waals surface area contributed by atoms with Crippen LogP contribution in [0.1, 0.15) is 35.6 Å². The van der Waals surface area contributed by atoms with E-state index in [9.17, 15) is 31.1 Å². The van der Waals surface area contributed by atoms with Crippen molar-refractivity contribution in [2.75, 3.05) is 0 Å². The fourth-order valence-corrected chi connectivity index (χ4v) is 3.03. The molecule has 0 radical (unpaired) electrons. The summed E-state index contributed by atoms with van der Waals surface area (Å²) in [7, 11) is 1.28. The Morgan fingerprint density at radius 2 is 1.73 bits per heavy atom. The average Bonchev–Trinajstić information content (AvgIpc) is 3.08. The quantitative estimate of drug-likeness (QED) is 0.304. The lowest BCUT2D eigenvalue weighted by molar-refractivity contribution is -0.139. The van der Waals surface area contributed by atoms with Crippen LogP contribution in [0.4, 0.5) is 26.3 Å². The Balaban J connectivity index is 1.98. The molecule has 0 fully saturated rings. The van der Waals surface area contributed by atoms with Crippen molar-refractivity contribution < 1.29 is 31.2 Å². The van der Waals surface area contributed by atoms with Gasteiger partial charge in [-0.3, -0.25) is 0 Å². The highest BCUT2D eigenvalue weighted by molar-refractivity contribution is 6.00. The Labute approximate surface area is 182 Å². The first-order valence-electron chi connectivity index (χ1n) is 9.48. The third-order valence-electron chi connectivity index (χ3n) is 4.65. The van der Waals surface area contributed by atoms with Crippen LogP contribution in [0.25, 0.3) is 5.69 Å². The Morgan fingerprint density at radius 3 is 2.30 bits per heavy atom. The summed E-state index contributed by atoms with van der Waals surface area (Å²) in [5.74, 6) is 0. The molecule has 0 bridgehead atoms. The van der Waals surface area contributed by atoms with Gasteiger partial charge in [-0.2, -0.15) is 35.7 Å². The minimum Gasteiger partial charge on any atom is -0.391 e. The first kappa shape index (κ1) is 24.0. The predicted octanol–water partition coefficient (Wildman–Crippen LogP) is 4.33. The number of nitrogens with zero attached hydrogens (tertiary/aromatic N) is 5. The highest BCUT2D eigenvalue weighted by atomic mass is 19.4. The van der Waals surface area contributed by atoms with E-state index in [1.54, 1.807) is 6.92 Å². The van der Waals surface area contributed by atoms with Crippen molar-refractivity contribution in [3.63, 3.8) is 0 Å². The minimum absolute atomic E-state index is 0.101. The van der Waals surface area contributed by atoms with Crippen LogP contribution in [0.2, 0.25) is 0 Å². The first-order valence-corrected chi connectivity index (χ1v) is 9.48. The van der Waals surface area contributed by atoms with Crippen LogP contribution in [-0.2, 0) is 30.8 Å². The van der Waals surface area contributed by atoms with Gasteiger partial charge in [0.2, 0.25) is 0 Å². The monoisotopic (exact) mass is 473 g/mol. The lowest BCUT2D eigenvalue weighted by Gasteiger charge is -2.15. The van der Waals surface area contributed by atoms with Crippen LogP contribution in [0.5, 0.6) is 0 Å². The molecule has 3 aromatic rings. The van der Waals surface area contributed by atoms with Gasteiger partial charge in [-0.25, -0.2) is 4.79 Å². The van der Waals surface area contributed by atoms with Gasteiger partial charge in [-0.1, -0.05) is 30.3 Å². The van der Waals surface area contributed by atoms with Gasteiger partial charge >= 0.3 is 18.0 Å². The second-order valence-electron chi connectivity index (χ2n) is 6.84. The van der Waals surface area contributed by atoms with Crippen LogP contribution in [-0.4, -0.2) is 25.5 Å². The van der Waals surface area contributed by atoms with Gasteiger partial charge in [0.1, 0.15) is 6.61 Å². The normalized spacial score (nSPS) is 12.8. The van der Waals surface area contributed by atoms with E-state index in [1.807, 2.05) is 0 Å². The first-order chi connectivity index (χ1) is 15.4. The molecule has 0 N–H and O–H groups in total. The van der Waals surface area contributed by atoms with Crippen molar-refractivity contribution in [2.24, 2.45) is 12.2 Å². The second kappa shape index (κ2) is 9.08. The van der Waals surface area contributed by atoms with Crippen molar-refractivity contribution in [1.29, 1.82) is 0 Å². The van der Waals surface area contributed by atoms with Gasteiger partial charge in [-0.15, -0.1) is 0 Å². The molecule has 2 aromatic carbocycles. The Hall–Kier alpha value is -3.64. The van der Waals surface area contributed by atoms with E-state index in [1.165, 1.54) is 25.2 Å². The van der Waals surface area contributed by atoms with Crippen LogP contribution < -0.4 is 5.69 Å². The maximum absolute atomic E-state index is 13.6. The molecule has 0 spiro atoms. The molecule has 0 unspecified atom stereocenters. The molecule has 3 rings (SSSR count). The van der Waals surface area contributed by atoms with E-state index in [2.05, 4.69) is 15.6 Å². The van der Waals surface area contributed by atoms with Crippen molar-refractivity contribution in [2.45, 2.75) is 32.3 Å². The van der Waals surface area contributed by atoms with Gasteiger partial charge in [0.05, 0.1) is 22.5 Å². The highest BCUT2D eigenvalue weighted by Gasteiger charge is 2.35. The van der Waals surface area contributed by atoms with Gasteiger partial charge < -0.3 is 4.84 Å². The Kier molecular flexibility index (Phi) is 6.60. The summed E-state index contributed by atoms with van der Waals surface area (Å²) >= 11 is 0. The maximum Gasteiger partial charge on any atom is 0.416 e. The van der Waals surface area contributed by atoms with Gasteiger partial charge in [0, 0.05) is 12.6 Å². The van der Waals surface area contributed by atoms with E-state index < -0.39 is 41.3 Å². The van der Waals surface area contributed by atoms with Crippen molar-refractivity contribution in [3.8, 4) is 5.69 Å². The molecule has 0 aliphatic rings. The summed E-state index contributed by atoms with van der Waals surface area (Å²) in [5.41, 5.74) is -3.19. The Bertz CT molecular complexity index is 1230. The van der Waals surface area contributed by atoms with Gasteiger partial charge in [-0.05, 0) is 46.7 Å². The number of benzene rings is 2. The van der Waals surface area contributed by atoms with Crippen LogP contribution in [0.15, 0.2) is 52.4 Å². The van der Waals surface area contributed by atoms with Crippen molar-refractivity contribution in [3.05, 3.63) is 75.2 Å². The van der Waals surface area contributed by atoms with Crippen LogP contribution >= 0.6 is 0 Å². The molecular weight excluding hydrogens is 456 g/mol. The molecule has 0 atom stereocenters. The fraction of sp³-hybridized carbons (Fsp3) is 0.300. The number of hydrogen-bond donors (Lipinski definition) is 0. The predicted molar refractivity (Wildman–Crippen MR) is 105 cm³/mol. The number of oxime groups is 1. The number of hydrogen-bond acceptors (Lipinski definition) is 5. The van der Waals surface area contributed by atoms with Crippen molar-refractivity contribution >= 4 is 5.71 Å². The molecule has 0 aliphatic carbocycles. The summed E-state index contributed by atoms with van der Waals surface area (Å²) in [4.78, 5) is 17.3. The SMILES string of the molecule is CCC(=NOCc1c(-n2nnn(C)c2=O)cccc1C(F)(F)F)c1cccc(C(F)(F)F)c1. The zero-order chi connectivity index (χ0) is 24.4. The molecule has 0 aliphatic heterocycles. The number of alkyl halides is 6. The summed E-state index contributed by atoms with van der Waals surface area (Å²) in [6.07, 6.45) is -9.20. The topological polar surface area (TPSA) is 74.3 Å². The molecular formula is C20H17F6N5O2. The molecule has 176 valence electrons. The highest BCUT2D eigenvalue weighted by Crippen LogP contribution is 2.35. The molecule has 0 amide bonds. The summed E-state index contributed by atoms with van der Waals surface area (Å²) in [5, 5.41) is 10.8. The lowest BCUT2D eigenvalue weighted by Crippen LogP contribution is -2.24. The van der Waals surface area contributed by atoms with Crippen LogP contribution in [0, 0.1) is 0 Å². The molecule has 7 nitrogen and oxygen atoms in total. The number of tetrazole rings is 1. The zero-order valence-corrected chi connectivity index (χ0v) is 17.3. The van der Waals surface area contributed by atoms with Gasteiger partial charge in [0.25, 0.3) is 0 Å². The standard InChI is InChI=1S/C20H17F6N5O2/c1-3-16(12-6-4-7-13(10-12)19(21,22)23)27-33-11-14-15(20(24,25)26)8-5-9-17(14)31-18(32)30(2)28-29-31/h4-10H,3,11H2,1-2H3. The molecule has 0 saturated carbocycles. The molecule has 33 heavy (non-hydrogen) atoms. The summed E-state index contributed by atoms with van der Waals surface area (Å²) < 4.78 is 81.3. The van der Waals surface area contributed by atoms with Crippen LogP contribution in [0.3, 0.4) is 0 Å². The average molecular weight is 473 g/mol. The zero-order valence-electron chi connectivity index (χ0n) is 17.3. The number of aryl methyl sites for hydroxylation is 1. The number of aromatic nitrogens is 4. The lowest BCUT2D eigenvalue weighted by atomic mass is 10.0. The summed E-state index contributed by atoms with van der Waals surface area (Å²) in [6.45, 7) is 0.882. The Morgan fingerprint density at radius 1 is 1.03 bits per heavy atom. The van der Waals surface area contributed by atoms with E-state index in [4.69, 9.17) is 4.84 Å². The molecule has 13 heteroatoms. The number of halogens is 6. The van der Waals surface area contributed by atoms with Crippen molar-refractivity contribution in [1.82, 2.24) is 19.8 Å². The number of rotatable bonds is 6. The third kappa shape index (κ3) is 5.23. The van der Waals surface area contributed by atoms with Gasteiger partial charge in [0.15, 0.2) is 0 Å². The summed E-state index contributed by atoms with van der Waals surface area (Å²) in [6, 6.07) is 7.49. The van der Waals surface area contributed by atoms with E-state index in [0.717, 1.165) is 28.9 Å². The molecule has 0 saturated heterocycles. The van der Waals surface area contributed by atoms with E-state index in [0.29, 0.717) is 4.68 Å². The second-order valence-corrected chi connectivity index (χ2v) is 6.84.